The van der Waals surface area contributed by atoms with Gasteiger partial charge in [0.05, 0.1) is 13.3 Å². The third-order valence-electron chi connectivity index (χ3n) is 4.90. The van der Waals surface area contributed by atoms with Crippen molar-refractivity contribution in [2.45, 2.75) is 13.1 Å². The zero-order valence-electron chi connectivity index (χ0n) is 16.0. The summed E-state index contributed by atoms with van der Waals surface area (Å²) < 4.78 is 5.06. The third-order valence-corrected chi connectivity index (χ3v) is 4.90. The number of ether oxygens (including phenoxy) is 1. The molecule has 29 heavy (non-hydrogen) atoms. The fourth-order valence-electron chi connectivity index (χ4n) is 3.36. The van der Waals surface area contributed by atoms with Crippen molar-refractivity contribution in [2.24, 2.45) is 5.10 Å². The van der Waals surface area contributed by atoms with Crippen LogP contribution in [0.4, 0.5) is 5.69 Å². The van der Waals surface area contributed by atoms with Crippen molar-refractivity contribution in [1.29, 1.82) is 0 Å². The van der Waals surface area contributed by atoms with E-state index in [1.165, 1.54) is 30.6 Å². The highest BCUT2D eigenvalue weighted by Gasteiger charge is 2.20. The molecular formula is C23H21N3O3. The molecule has 0 bridgehead atoms. The number of nitrogens with zero attached hydrogens (tertiary/aromatic N) is 2. The number of anilines is 1. The van der Waals surface area contributed by atoms with Crippen LogP contribution in [-0.4, -0.2) is 24.3 Å². The molecule has 146 valence electrons. The monoisotopic (exact) mass is 387 g/mol. The lowest BCUT2D eigenvalue weighted by Gasteiger charge is -2.17. The number of methoxy groups -OCH3 is 1. The second-order valence-corrected chi connectivity index (χ2v) is 6.81. The van der Waals surface area contributed by atoms with Gasteiger partial charge in [-0.05, 0) is 59.2 Å². The van der Waals surface area contributed by atoms with Crippen LogP contribution in [0, 0.1) is 0 Å². The number of benzene rings is 3. The summed E-state index contributed by atoms with van der Waals surface area (Å²) in [5.41, 5.74) is 7.36. The number of carbonyl (C=O) groups excluding carboxylic acids is 1. The number of fused-ring (bicyclic) bond motifs is 1. The molecule has 6 heteroatoms. The van der Waals surface area contributed by atoms with E-state index >= 15 is 0 Å². The van der Waals surface area contributed by atoms with Crippen LogP contribution < -0.4 is 15.1 Å². The Bertz CT molecular complexity index is 1060. The molecule has 0 fully saturated rings. The van der Waals surface area contributed by atoms with Crippen LogP contribution in [0.3, 0.4) is 0 Å². The van der Waals surface area contributed by atoms with Gasteiger partial charge in [0.15, 0.2) is 11.5 Å². The van der Waals surface area contributed by atoms with Crippen LogP contribution in [0.25, 0.3) is 0 Å². The quantitative estimate of drug-likeness (QED) is 0.517. The average Bonchev–Trinajstić information content (AvgIpc) is 3.19. The van der Waals surface area contributed by atoms with Gasteiger partial charge in [-0.25, -0.2) is 5.43 Å². The standard InChI is InChI=1S/C23H21N3O3/c1-29-22-11-16(7-10-21(22)27)13-24-25-23(28)17-8-9-18-14-26(15-19(18)12-17)20-5-3-2-4-6-20/h2-13,27H,14-15H2,1H3,(H,25,28)/b24-13+. The summed E-state index contributed by atoms with van der Waals surface area (Å²) >= 11 is 0. The first-order chi connectivity index (χ1) is 14.1. The van der Waals surface area contributed by atoms with Crippen LogP contribution >= 0.6 is 0 Å². The number of rotatable bonds is 5. The molecule has 0 saturated carbocycles. The van der Waals surface area contributed by atoms with Gasteiger partial charge in [-0.2, -0.15) is 5.10 Å². The molecule has 0 spiro atoms. The maximum Gasteiger partial charge on any atom is 0.271 e. The van der Waals surface area contributed by atoms with E-state index in [2.05, 4.69) is 27.6 Å². The Labute approximate surface area is 169 Å². The fourth-order valence-corrected chi connectivity index (χ4v) is 3.36. The number of hydrogen-bond acceptors (Lipinski definition) is 5. The first-order valence-corrected chi connectivity index (χ1v) is 9.26. The molecule has 1 heterocycles. The normalized spacial score (nSPS) is 12.8. The van der Waals surface area contributed by atoms with E-state index in [4.69, 9.17) is 4.74 Å². The lowest BCUT2D eigenvalue weighted by atomic mass is 10.1. The van der Waals surface area contributed by atoms with E-state index in [1.807, 2.05) is 36.4 Å². The molecule has 3 aromatic carbocycles. The number of amides is 1. The van der Waals surface area contributed by atoms with Crippen molar-refractivity contribution in [3.05, 3.63) is 89.0 Å². The van der Waals surface area contributed by atoms with Gasteiger partial charge >= 0.3 is 0 Å². The minimum Gasteiger partial charge on any atom is -0.504 e. The molecule has 1 aliphatic rings. The van der Waals surface area contributed by atoms with Gasteiger partial charge in [-0.3, -0.25) is 4.79 Å². The van der Waals surface area contributed by atoms with E-state index < -0.39 is 0 Å². The highest BCUT2D eigenvalue weighted by molar-refractivity contribution is 5.95. The summed E-state index contributed by atoms with van der Waals surface area (Å²) in [6.45, 7) is 1.61. The van der Waals surface area contributed by atoms with Gasteiger partial charge in [0.25, 0.3) is 5.91 Å². The minimum atomic E-state index is -0.270. The summed E-state index contributed by atoms with van der Waals surface area (Å²) in [7, 11) is 1.48. The molecule has 0 unspecified atom stereocenters. The van der Waals surface area contributed by atoms with E-state index in [0.29, 0.717) is 16.9 Å². The molecule has 0 saturated heterocycles. The number of phenols is 1. The maximum absolute atomic E-state index is 12.5. The Morgan fingerprint density at radius 3 is 2.66 bits per heavy atom. The van der Waals surface area contributed by atoms with Gasteiger partial charge in [0.2, 0.25) is 0 Å². The van der Waals surface area contributed by atoms with Gasteiger partial charge in [0.1, 0.15) is 0 Å². The third kappa shape index (κ3) is 4.06. The number of aromatic hydroxyl groups is 1. The summed E-state index contributed by atoms with van der Waals surface area (Å²) in [6, 6.07) is 20.8. The first kappa shape index (κ1) is 18.6. The van der Waals surface area contributed by atoms with E-state index in [0.717, 1.165) is 18.7 Å². The second-order valence-electron chi connectivity index (χ2n) is 6.81. The Morgan fingerprint density at radius 1 is 1.07 bits per heavy atom. The Balaban J connectivity index is 1.42. The topological polar surface area (TPSA) is 74.2 Å². The highest BCUT2D eigenvalue weighted by Crippen LogP contribution is 2.29. The smallest absolute Gasteiger partial charge is 0.271 e. The van der Waals surface area contributed by atoms with Crippen molar-refractivity contribution in [1.82, 2.24) is 5.43 Å². The fraction of sp³-hybridized carbons (Fsp3) is 0.130. The predicted molar refractivity (Wildman–Crippen MR) is 112 cm³/mol. The lowest BCUT2D eigenvalue weighted by Crippen LogP contribution is -2.18. The molecule has 4 rings (SSSR count). The Hall–Kier alpha value is -3.80. The van der Waals surface area contributed by atoms with Crippen molar-refractivity contribution in [2.75, 3.05) is 12.0 Å². The molecule has 1 amide bonds. The van der Waals surface area contributed by atoms with E-state index in [9.17, 15) is 9.90 Å². The molecule has 2 N–H and O–H groups in total. The van der Waals surface area contributed by atoms with Gasteiger partial charge in [0, 0.05) is 24.3 Å². The SMILES string of the molecule is COc1cc(/C=N/NC(=O)c2ccc3c(c2)CN(c2ccccc2)C3)ccc1O. The van der Waals surface area contributed by atoms with Crippen LogP contribution in [0.15, 0.2) is 71.8 Å². The molecule has 6 nitrogen and oxygen atoms in total. The second kappa shape index (κ2) is 8.06. The molecule has 0 aliphatic carbocycles. The molecule has 0 atom stereocenters. The maximum atomic E-state index is 12.5. The molecule has 0 aromatic heterocycles. The van der Waals surface area contributed by atoms with Crippen molar-refractivity contribution < 1.29 is 14.6 Å². The summed E-state index contributed by atoms with van der Waals surface area (Å²) in [6.07, 6.45) is 1.50. The van der Waals surface area contributed by atoms with Crippen molar-refractivity contribution in [3.63, 3.8) is 0 Å². The first-order valence-electron chi connectivity index (χ1n) is 9.26. The molecule has 0 radical (unpaired) electrons. The number of nitrogens with one attached hydrogen (secondary N) is 1. The number of phenolic OH excluding ortho intramolecular Hbond substituents is 1. The molecule has 1 aliphatic heterocycles. The van der Waals surface area contributed by atoms with Crippen LogP contribution in [0.5, 0.6) is 11.5 Å². The van der Waals surface area contributed by atoms with E-state index in [-0.39, 0.29) is 11.7 Å². The molecule has 3 aromatic rings. The molecular weight excluding hydrogens is 366 g/mol. The zero-order valence-corrected chi connectivity index (χ0v) is 16.0. The summed E-state index contributed by atoms with van der Waals surface area (Å²) in [5.74, 6) is 0.131. The van der Waals surface area contributed by atoms with Crippen LogP contribution in [-0.2, 0) is 13.1 Å². The number of hydrazone groups is 1. The van der Waals surface area contributed by atoms with Crippen LogP contribution in [0.2, 0.25) is 0 Å². The number of para-hydroxylation sites is 1. The largest absolute Gasteiger partial charge is 0.504 e. The van der Waals surface area contributed by atoms with Gasteiger partial charge < -0.3 is 14.7 Å². The summed E-state index contributed by atoms with van der Waals surface area (Å²) in [4.78, 5) is 14.7. The number of hydrogen-bond donors (Lipinski definition) is 2. The van der Waals surface area contributed by atoms with Crippen molar-refractivity contribution >= 4 is 17.8 Å². The Kier molecular flexibility index (Phi) is 5.16. The number of carbonyl (C=O) groups is 1. The van der Waals surface area contributed by atoms with Gasteiger partial charge in [-0.1, -0.05) is 24.3 Å². The summed E-state index contributed by atoms with van der Waals surface area (Å²) in [5, 5.41) is 13.6. The average molecular weight is 387 g/mol. The zero-order chi connectivity index (χ0) is 20.2. The highest BCUT2D eigenvalue weighted by atomic mass is 16.5. The van der Waals surface area contributed by atoms with Gasteiger partial charge in [-0.15, -0.1) is 0 Å². The predicted octanol–water partition coefficient (Wildman–Crippen LogP) is 3.68. The lowest BCUT2D eigenvalue weighted by molar-refractivity contribution is 0.0955. The minimum absolute atomic E-state index is 0.0522. The van der Waals surface area contributed by atoms with E-state index in [1.54, 1.807) is 12.1 Å². The Morgan fingerprint density at radius 2 is 1.86 bits per heavy atom. The van der Waals surface area contributed by atoms with Crippen molar-refractivity contribution in [3.8, 4) is 11.5 Å². The van der Waals surface area contributed by atoms with Crippen LogP contribution in [0.1, 0.15) is 27.0 Å².